The molecule has 1 aliphatic heterocycles. The number of nitro groups is 1. The molecule has 1 saturated heterocycles. The number of nitrogens with one attached hydrogen (secondary N) is 1. The van der Waals surface area contributed by atoms with Crippen molar-refractivity contribution in [2.45, 2.75) is 30.8 Å². The Balaban J connectivity index is 1.71. The van der Waals surface area contributed by atoms with Crippen LogP contribution in [-0.4, -0.2) is 55.8 Å². The summed E-state index contributed by atoms with van der Waals surface area (Å²) < 4.78 is 37.1. The van der Waals surface area contributed by atoms with Gasteiger partial charge in [-0.1, -0.05) is 6.07 Å². The van der Waals surface area contributed by atoms with Crippen LogP contribution in [0.3, 0.4) is 0 Å². The number of amides is 1. The molecule has 0 saturated carbocycles. The summed E-state index contributed by atoms with van der Waals surface area (Å²) >= 11 is 0. The van der Waals surface area contributed by atoms with Crippen LogP contribution < -0.4 is 10.1 Å². The Morgan fingerprint density at radius 2 is 1.85 bits per heavy atom. The van der Waals surface area contributed by atoms with Crippen LogP contribution in [0.4, 0.5) is 11.4 Å². The highest BCUT2D eigenvalue weighted by Crippen LogP contribution is 2.29. The number of anilines is 1. The molecule has 11 nitrogen and oxygen atoms in total. The van der Waals surface area contributed by atoms with E-state index >= 15 is 0 Å². The molecule has 1 amide bonds. The van der Waals surface area contributed by atoms with Crippen molar-refractivity contribution < 1.29 is 32.4 Å². The molecule has 12 heteroatoms. The first-order valence-electron chi connectivity index (χ1n) is 10.1. The topological polar surface area (TPSA) is 145 Å². The van der Waals surface area contributed by atoms with E-state index in [0.29, 0.717) is 13.1 Å². The highest BCUT2D eigenvalue weighted by Gasteiger charge is 2.28. The summed E-state index contributed by atoms with van der Waals surface area (Å²) in [6, 6.07) is 9.10. The van der Waals surface area contributed by atoms with Crippen molar-refractivity contribution in [2.75, 3.05) is 25.5 Å². The molecule has 0 aromatic heterocycles. The van der Waals surface area contributed by atoms with E-state index in [4.69, 9.17) is 9.47 Å². The standard InChI is InChI=1S/C21H23N3O8S/c1-14(20(25)22-18-13-16(24(27)28)8-9-19(18)31-2)32-21(26)15-6-5-7-17(12-15)33(29,30)23-10-3-4-11-23/h5-9,12-14H,3-4,10-11H2,1-2H3,(H,22,25). The van der Waals surface area contributed by atoms with Gasteiger partial charge in [0.15, 0.2) is 6.10 Å². The highest BCUT2D eigenvalue weighted by atomic mass is 32.2. The van der Waals surface area contributed by atoms with Crippen LogP contribution in [0.5, 0.6) is 5.75 Å². The Morgan fingerprint density at radius 1 is 1.15 bits per heavy atom. The zero-order chi connectivity index (χ0) is 24.2. The van der Waals surface area contributed by atoms with Gasteiger partial charge in [0.25, 0.3) is 11.6 Å². The van der Waals surface area contributed by atoms with Crippen LogP contribution in [0.25, 0.3) is 0 Å². The molecule has 1 heterocycles. The van der Waals surface area contributed by atoms with Gasteiger partial charge in [-0.05, 0) is 44.0 Å². The predicted octanol–water partition coefficient (Wildman–Crippen LogP) is 2.57. The van der Waals surface area contributed by atoms with Gasteiger partial charge in [-0.15, -0.1) is 0 Å². The summed E-state index contributed by atoms with van der Waals surface area (Å²) in [7, 11) is -2.38. The molecular weight excluding hydrogens is 454 g/mol. The van der Waals surface area contributed by atoms with Crippen molar-refractivity contribution in [1.29, 1.82) is 0 Å². The smallest absolute Gasteiger partial charge is 0.338 e. The zero-order valence-corrected chi connectivity index (χ0v) is 18.8. The lowest BCUT2D eigenvalue weighted by atomic mass is 10.2. The highest BCUT2D eigenvalue weighted by molar-refractivity contribution is 7.89. The molecule has 1 atom stereocenters. The molecule has 1 N–H and O–H groups in total. The van der Waals surface area contributed by atoms with Crippen molar-refractivity contribution in [3.8, 4) is 5.75 Å². The molecule has 3 rings (SSSR count). The minimum atomic E-state index is -3.72. The Morgan fingerprint density at radius 3 is 2.48 bits per heavy atom. The lowest BCUT2D eigenvalue weighted by Crippen LogP contribution is -2.30. The van der Waals surface area contributed by atoms with Crippen molar-refractivity contribution in [2.24, 2.45) is 0 Å². The Kier molecular flexibility index (Phi) is 7.29. The number of non-ortho nitro benzene ring substituents is 1. The van der Waals surface area contributed by atoms with E-state index in [1.54, 1.807) is 0 Å². The van der Waals surface area contributed by atoms with Gasteiger partial charge in [0.05, 0.1) is 28.2 Å². The monoisotopic (exact) mass is 477 g/mol. The second-order valence-corrected chi connectivity index (χ2v) is 9.26. The molecule has 2 aromatic carbocycles. The van der Waals surface area contributed by atoms with Crippen LogP contribution in [-0.2, 0) is 19.6 Å². The minimum Gasteiger partial charge on any atom is -0.495 e. The maximum atomic E-state index is 12.7. The van der Waals surface area contributed by atoms with Crippen LogP contribution in [0.2, 0.25) is 0 Å². The Bertz CT molecular complexity index is 1180. The second kappa shape index (κ2) is 9.96. The average molecular weight is 477 g/mol. The van der Waals surface area contributed by atoms with Crippen LogP contribution in [0.15, 0.2) is 47.4 Å². The molecule has 33 heavy (non-hydrogen) atoms. The number of hydrogen-bond donors (Lipinski definition) is 1. The van der Waals surface area contributed by atoms with Crippen LogP contribution in [0.1, 0.15) is 30.1 Å². The van der Waals surface area contributed by atoms with Gasteiger partial charge in [0.2, 0.25) is 10.0 Å². The summed E-state index contributed by atoms with van der Waals surface area (Å²) in [5, 5.41) is 13.4. The molecule has 0 spiro atoms. The SMILES string of the molecule is COc1ccc([N+](=O)[O-])cc1NC(=O)C(C)OC(=O)c1cccc(S(=O)(=O)N2CCCC2)c1. The number of carbonyl (C=O) groups excluding carboxylic acids is 2. The van der Waals surface area contributed by atoms with Crippen molar-refractivity contribution in [3.63, 3.8) is 0 Å². The van der Waals surface area contributed by atoms with E-state index < -0.39 is 32.9 Å². The largest absolute Gasteiger partial charge is 0.495 e. The molecule has 176 valence electrons. The Hall–Kier alpha value is -3.51. The molecular formula is C21H23N3O8S. The molecule has 1 unspecified atom stereocenters. The number of methoxy groups -OCH3 is 1. The van der Waals surface area contributed by atoms with E-state index in [0.717, 1.165) is 18.9 Å². The van der Waals surface area contributed by atoms with Gasteiger partial charge in [-0.25, -0.2) is 13.2 Å². The van der Waals surface area contributed by atoms with Crippen molar-refractivity contribution in [3.05, 3.63) is 58.1 Å². The first-order valence-corrected chi connectivity index (χ1v) is 11.5. The van der Waals surface area contributed by atoms with Crippen LogP contribution >= 0.6 is 0 Å². The quantitative estimate of drug-likeness (QED) is 0.347. The maximum Gasteiger partial charge on any atom is 0.338 e. The molecule has 0 radical (unpaired) electrons. The minimum absolute atomic E-state index is 0.0251. The van der Waals surface area contributed by atoms with Crippen LogP contribution in [0, 0.1) is 10.1 Å². The number of rotatable bonds is 8. The predicted molar refractivity (Wildman–Crippen MR) is 118 cm³/mol. The number of benzene rings is 2. The number of carbonyl (C=O) groups is 2. The fourth-order valence-corrected chi connectivity index (χ4v) is 4.85. The van der Waals surface area contributed by atoms with E-state index in [2.05, 4.69) is 5.32 Å². The van der Waals surface area contributed by atoms with Crippen molar-refractivity contribution in [1.82, 2.24) is 4.31 Å². The van der Waals surface area contributed by atoms with Gasteiger partial charge >= 0.3 is 5.97 Å². The third-order valence-corrected chi connectivity index (χ3v) is 6.97. The molecule has 1 fully saturated rings. The summed E-state index contributed by atoms with van der Waals surface area (Å²) in [6.07, 6.45) is 0.284. The normalized spacial score (nSPS) is 15.0. The summed E-state index contributed by atoms with van der Waals surface area (Å²) in [5.74, 6) is -1.45. The number of nitro benzene ring substituents is 1. The summed E-state index contributed by atoms with van der Waals surface area (Å²) in [4.78, 5) is 35.4. The van der Waals surface area contributed by atoms with Gasteiger partial charge in [0.1, 0.15) is 5.75 Å². The fourth-order valence-electron chi connectivity index (χ4n) is 3.28. The van der Waals surface area contributed by atoms with Crippen molar-refractivity contribution >= 4 is 33.3 Å². The lowest BCUT2D eigenvalue weighted by Gasteiger charge is -2.17. The third kappa shape index (κ3) is 5.46. The molecule has 0 bridgehead atoms. The average Bonchev–Trinajstić information content (AvgIpc) is 3.35. The number of ether oxygens (including phenoxy) is 2. The lowest BCUT2D eigenvalue weighted by molar-refractivity contribution is -0.384. The van der Waals surface area contributed by atoms with E-state index in [1.807, 2.05) is 0 Å². The fraction of sp³-hybridized carbons (Fsp3) is 0.333. The van der Waals surface area contributed by atoms with E-state index in [1.165, 1.54) is 54.7 Å². The van der Waals surface area contributed by atoms with Gasteiger partial charge in [-0.3, -0.25) is 14.9 Å². The molecule has 1 aliphatic rings. The van der Waals surface area contributed by atoms with Gasteiger partial charge in [0, 0.05) is 25.2 Å². The number of hydrogen-bond acceptors (Lipinski definition) is 8. The summed E-state index contributed by atoms with van der Waals surface area (Å²) in [5.41, 5.74) is -0.243. The van der Waals surface area contributed by atoms with E-state index in [9.17, 15) is 28.1 Å². The number of esters is 1. The second-order valence-electron chi connectivity index (χ2n) is 7.32. The van der Waals surface area contributed by atoms with Gasteiger partial charge in [-0.2, -0.15) is 4.31 Å². The Labute approximate surface area is 190 Å². The van der Waals surface area contributed by atoms with Gasteiger partial charge < -0.3 is 14.8 Å². The molecule has 2 aromatic rings. The third-order valence-electron chi connectivity index (χ3n) is 5.08. The maximum absolute atomic E-state index is 12.7. The van der Waals surface area contributed by atoms with E-state index in [-0.39, 0.29) is 27.6 Å². The number of nitrogens with zero attached hydrogens (tertiary/aromatic N) is 2. The first-order chi connectivity index (χ1) is 15.6. The zero-order valence-electron chi connectivity index (χ0n) is 18.0. The summed E-state index contributed by atoms with van der Waals surface area (Å²) in [6.45, 7) is 2.17. The molecule has 0 aliphatic carbocycles. The number of sulfonamides is 1. The first kappa shape index (κ1) is 24.1.